The van der Waals surface area contributed by atoms with Crippen LogP contribution in [0.5, 0.6) is 0 Å². The molecule has 0 spiro atoms. The van der Waals surface area contributed by atoms with Gasteiger partial charge in [0.15, 0.2) is 13.5 Å². The molecule has 0 bridgehead atoms. The van der Waals surface area contributed by atoms with Gasteiger partial charge in [-0.1, -0.05) is 478 Å². The summed E-state index contributed by atoms with van der Waals surface area (Å²) in [6, 6.07) is 8.82. The molecule has 742 valence electrons. The molecule has 1 aromatic carbocycles. The monoisotopic (exact) mass is 1780 g/mol. The highest BCUT2D eigenvalue weighted by Gasteiger charge is 2.33. The second-order valence-corrected chi connectivity index (χ2v) is 42.0. The van der Waals surface area contributed by atoms with E-state index in [9.17, 15) is 14.2 Å². The summed E-state index contributed by atoms with van der Waals surface area (Å²) in [5.41, 5.74) is 7.41. The normalized spacial score (nSPS) is 12.7. The SMILES string of the molecule is C=CC[N+](C)(CCCCCCCCCCCC)CCCCCCCCCCCC.CCC(C)c1ccc(C)cc1.CCCCCCCCCCCCC(=O)N(CCCCCCCCCCCC)CCCCCCCCCCCC.CCCCCCCCCCCC[N+](C)(C)CCCCCCCCCCCC.CP(C)(=O)O.NC(=O)C(O)C(O)C(O)C(O)CO. The lowest BCUT2D eigenvalue weighted by atomic mass is 9.98. The van der Waals surface area contributed by atoms with Gasteiger partial charge in [-0.25, -0.2) is 0 Å². The Morgan fingerprint density at radius 2 is 0.613 bits per heavy atom. The van der Waals surface area contributed by atoms with Gasteiger partial charge in [-0.3, -0.25) is 14.2 Å². The lowest BCUT2D eigenvalue weighted by Crippen LogP contribution is -2.50. The third-order valence-corrected chi connectivity index (χ3v) is 25.4. The zero-order chi connectivity index (χ0) is 93.4. The number of hydrogen-bond donors (Lipinski definition) is 7. The van der Waals surface area contributed by atoms with E-state index in [1.807, 2.05) is 0 Å². The van der Waals surface area contributed by atoms with Gasteiger partial charge >= 0.3 is 0 Å². The Bertz CT molecular complexity index is 2220. The van der Waals surface area contributed by atoms with Crippen molar-refractivity contribution in [3.63, 3.8) is 0 Å². The molecule has 0 saturated heterocycles. The number of aliphatic hydroxyl groups excluding tert-OH is 5. The molecule has 124 heavy (non-hydrogen) atoms. The fourth-order valence-corrected chi connectivity index (χ4v) is 16.4. The van der Waals surface area contributed by atoms with Crippen molar-refractivity contribution in [2.75, 3.05) is 86.9 Å². The van der Waals surface area contributed by atoms with Crippen molar-refractivity contribution in [2.24, 2.45) is 5.73 Å². The summed E-state index contributed by atoms with van der Waals surface area (Å²) in [6.07, 6.45) is 95.2. The van der Waals surface area contributed by atoms with Crippen molar-refractivity contribution in [1.82, 2.24) is 4.90 Å². The first-order valence-corrected chi connectivity index (χ1v) is 56.8. The highest BCUT2D eigenvalue weighted by Crippen LogP contribution is 2.28. The number of unbranched alkanes of at least 4 members (excludes halogenated alkanes) is 63. The second-order valence-electron chi connectivity index (χ2n) is 39.4. The topological polar surface area (TPSA) is 202 Å². The first-order valence-electron chi connectivity index (χ1n) is 54.2. The van der Waals surface area contributed by atoms with Crippen molar-refractivity contribution in [2.45, 2.75) is 562 Å². The van der Waals surface area contributed by atoms with Crippen molar-refractivity contribution < 1.29 is 53.5 Å². The van der Waals surface area contributed by atoms with E-state index in [2.05, 4.69) is 138 Å². The molecular formula is C110H225N4O9P+2. The molecule has 2 amide bonds. The number of carbonyl (C=O) groups is 2. The standard InChI is InChI=1S/C37H75NO.C28H58N.C26H56N.C11H16.C6H13NO6.C2H7O2P/c1-4-7-10-13-16-19-22-25-28-31-34-37(39)38(35-32-29-26-23-20-17-14-11-8-5-2)36-33-30-27-24-21-18-15-12-9-6-3;1-5-8-10-12-14-16-18-20-22-24-27-29(4,26-7-3)28-25-23-21-19-17-15-13-11-9-6-2;1-5-7-9-11-13-15-17-19-21-23-25-27(3,4)26-24-22-20-18-16-14-12-10-8-6-2;1-4-10(3)11-7-5-9(2)6-8-11;7-6(13)5(12)4(11)3(10)2(9)1-8;1-5(2,3)4/h4-36H2,1-3H3;7H,3,5-6,8-28H2,1-2,4H3;5-26H2,1-4H3;5-8,10H,4H2,1-3H3;2-5,8-12H,1H2,(H2,7,13);1-2H3,(H,3,4)/q;2*+1;;;. The van der Waals surface area contributed by atoms with Crippen molar-refractivity contribution >= 4 is 19.2 Å². The van der Waals surface area contributed by atoms with Crippen molar-refractivity contribution in [3.8, 4) is 0 Å². The number of benzene rings is 1. The van der Waals surface area contributed by atoms with Gasteiger partial charge in [0.25, 0.3) is 0 Å². The quantitative estimate of drug-likeness (QED) is 0.0143. The van der Waals surface area contributed by atoms with E-state index >= 15 is 0 Å². The van der Waals surface area contributed by atoms with Gasteiger partial charge in [0.2, 0.25) is 11.8 Å². The molecular weight excluding hydrogens is 1550 g/mol. The predicted molar refractivity (Wildman–Crippen MR) is 549 cm³/mol. The molecule has 1 aromatic rings. The Morgan fingerprint density at radius 3 is 0.839 bits per heavy atom. The number of carbonyl (C=O) groups excluding carboxylic acids is 2. The molecule has 0 aliphatic rings. The van der Waals surface area contributed by atoms with Gasteiger partial charge in [0.05, 0.1) is 60.5 Å². The predicted octanol–water partition coefficient (Wildman–Crippen LogP) is 31.3. The summed E-state index contributed by atoms with van der Waals surface area (Å²) in [5.74, 6) is -0.0753. The van der Waals surface area contributed by atoms with Gasteiger partial charge < -0.3 is 50.0 Å². The lowest BCUT2D eigenvalue weighted by Gasteiger charge is -2.34. The van der Waals surface area contributed by atoms with Gasteiger partial charge in [-0.15, -0.1) is 0 Å². The van der Waals surface area contributed by atoms with Crippen LogP contribution in [0.3, 0.4) is 0 Å². The fourth-order valence-electron chi connectivity index (χ4n) is 16.4. The summed E-state index contributed by atoms with van der Waals surface area (Å²) in [4.78, 5) is 33.7. The van der Waals surface area contributed by atoms with Crippen molar-refractivity contribution in [1.29, 1.82) is 0 Å². The zero-order valence-electron chi connectivity index (χ0n) is 86.3. The van der Waals surface area contributed by atoms with E-state index in [1.54, 1.807) is 0 Å². The minimum absolute atomic E-state index is 0.446. The molecule has 5 unspecified atom stereocenters. The van der Waals surface area contributed by atoms with Crippen LogP contribution in [0.25, 0.3) is 0 Å². The summed E-state index contributed by atoms with van der Waals surface area (Å²) in [5, 5.41) is 44.0. The van der Waals surface area contributed by atoms with E-state index < -0.39 is 44.3 Å². The summed E-state index contributed by atoms with van der Waals surface area (Å²) < 4.78 is 12.2. The summed E-state index contributed by atoms with van der Waals surface area (Å²) in [6.45, 7) is 37.1. The number of rotatable bonds is 86. The molecule has 13 nitrogen and oxygen atoms in total. The number of hydrogen-bond acceptors (Lipinski definition) is 8. The molecule has 1 rings (SSSR count). The molecule has 0 aromatic heterocycles. The number of quaternary nitrogens is 2. The maximum Gasteiger partial charge on any atom is 0.249 e. The van der Waals surface area contributed by atoms with Crippen molar-refractivity contribution in [3.05, 3.63) is 48.0 Å². The Labute approximate surface area is 775 Å². The number of likely N-dealkylation sites (N-methyl/N-ethyl adjacent to an activating group) is 1. The molecule has 14 heteroatoms. The molecule has 0 aliphatic carbocycles. The maximum atomic E-state index is 13.1. The number of primary amides is 1. The van der Waals surface area contributed by atoms with Crippen LogP contribution in [0.4, 0.5) is 0 Å². The number of aryl methyl sites for hydroxylation is 1. The van der Waals surface area contributed by atoms with E-state index in [0.717, 1.165) is 32.5 Å². The number of aliphatic hydroxyl groups is 5. The van der Waals surface area contributed by atoms with E-state index in [-0.39, 0.29) is 0 Å². The van der Waals surface area contributed by atoms with Crippen LogP contribution >= 0.6 is 7.37 Å². The summed E-state index contributed by atoms with van der Waals surface area (Å²) in [7, 11) is 4.71. The average molecular weight is 1780 g/mol. The molecule has 0 radical (unpaired) electrons. The van der Waals surface area contributed by atoms with E-state index in [1.165, 1.54) is 509 Å². The molecule has 5 atom stereocenters. The Morgan fingerprint density at radius 1 is 0.387 bits per heavy atom. The Kier molecular flexibility index (Phi) is 106. The second kappa shape index (κ2) is 101. The molecule has 0 aliphatic heterocycles. The molecule has 0 heterocycles. The highest BCUT2D eigenvalue weighted by atomic mass is 31.2. The van der Waals surface area contributed by atoms with Crippen LogP contribution in [0.15, 0.2) is 36.9 Å². The molecule has 0 saturated carbocycles. The minimum atomic E-state index is -2.64. The number of amides is 2. The van der Waals surface area contributed by atoms with Crippen LogP contribution < -0.4 is 5.73 Å². The van der Waals surface area contributed by atoms with Crippen LogP contribution in [0.1, 0.15) is 542 Å². The number of nitrogens with two attached hydrogens (primary N) is 1. The first kappa shape index (κ1) is 130. The fraction of sp³-hybridized carbons (Fsp3) is 0.909. The van der Waals surface area contributed by atoms with Crippen LogP contribution in [-0.2, 0) is 14.2 Å². The van der Waals surface area contributed by atoms with Gasteiger partial charge in [-0.2, -0.15) is 0 Å². The van der Waals surface area contributed by atoms with Gasteiger partial charge in [0, 0.05) is 32.8 Å². The summed E-state index contributed by atoms with van der Waals surface area (Å²) >= 11 is 0. The van der Waals surface area contributed by atoms with E-state index in [4.69, 9.17) is 30.4 Å². The van der Waals surface area contributed by atoms with Crippen LogP contribution in [0, 0.1) is 6.92 Å². The van der Waals surface area contributed by atoms with Crippen LogP contribution in [-0.4, -0.2) is 167 Å². The maximum absolute atomic E-state index is 13.1. The third kappa shape index (κ3) is 104. The highest BCUT2D eigenvalue weighted by molar-refractivity contribution is 7.56. The molecule has 0 fully saturated rings. The zero-order valence-corrected chi connectivity index (χ0v) is 87.2. The molecule has 8 N–H and O–H groups in total. The van der Waals surface area contributed by atoms with Gasteiger partial charge in [0.1, 0.15) is 18.3 Å². The third-order valence-electron chi connectivity index (χ3n) is 25.4. The first-order chi connectivity index (χ1) is 59.7. The van der Waals surface area contributed by atoms with Gasteiger partial charge in [-0.05, 0) is 102 Å². The number of nitrogens with zero attached hydrogens (tertiary/aromatic N) is 3. The Balaban J connectivity index is -0.000000495. The lowest BCUT2D eigenvalue weighted by molar-refractivity contribution is -0.904. The largest absolute Gasteiger partial charge is 0.394 e. The Hall–Kier alpha value is -2.19. The minimum Gasteiger partial charge on any atom is -0.394 e. The smallest absolute Gasteiger partial charge is 0.249 e. The van der Waals surface area contributed by atoms with E-state index in [0.29, 0.717) is 11.8 Å². The average Bonchev–Trinajstić information content (AvgIpc) is 0.907. The van der Waals surface area contributed by atoms with Crippen LogP contribution in [0.2, 0.25) is 0 Å².